The lowest BCUT2D eigenvalue weighted by Crippen LogP contribution is -2.00. The molecule has 1 aromatic heterocycles. The lowest BCUT2D eigenvalue weighted by Gasteiger charge is -2.13. The first-order valence-corrected chi connectivity index (χ1v) is 8.38. The topological polar surface area (TPSA) is 29.5 Å². The molecule has 0 unspecified atom stereocenters. The van der Waals surface area contributed by atoms with Crippen LogP contribution in [0.2, 0.25) is 0 Å². The standard InChI is InChI=1S/C17H15BrO2S/c1-11(19)14-7-6-13(18)8-16(14)20-9-12-10-21-17-5-3-2-4-15(12)17/h2-8,10-11,19H,9H2,1H3/t11-/m1/s1. The molecule has 0 radical (unpaired) electrons. The second kappa shape index (κ2) is 6.18. The third-order valence-corrected chi connectivity index (χ3v) is 4.88. The van der Waals surface area contributed by atoms with E-state index in [9.17, 15) is 5.11 Å². The summed E-state index contributed by atoms with van der Waals surface area (Å²) >= 11 is 5.17. The number of halogens is 1. The minimum absolute atomic E-state index is 0.500. The van der Waals surface area contributed by atoms with Crippen molar-refractivity contribution in [2.75, 3.05) is 0 Å². The zero-order valence-corrected chi connectivity index (χ0v) is 13.9. The van der Waals surface area contributed by atoms with Crippen LogP contribution in [0.15, 0.2) is 52.3 Å². The van der Waals surface area contributed by atoms with Crippen LogP contribution in [0.3, 0.4) is 0 Å². The summed E-state index contributed by atoms with van der Waals surface area (Å²) in [6.07, 6.45) is -0.549. The average Bonchev–Trinajstić information content (AvgIpc) is 2.88. The van der Waals surface area contributed by atoms with Gasteiger partial charge in [0.15, 0.2) is 0 Å². The normalized spacial score (nSPS) is 12.5. The molecule has 0 aliphatic heterocycles. The first kappa shape index (κ1) is 14.6. The van der Waals surface area contributed by atoms with Crippen LogP contribution in [0, 0.1) is 0 Å². The van der Waals surface area contributed by atoms with E-state index in [0.29, 0.717) is 6.61 Å². The van der Waals surface area contributed by atoms with Gasteiger partial charge in [0.05, 0.1) is 6.10 Å². The lowest BCUT2D eigenvalue weighted by molar-refractivity contribution is 0.190. The molecular weight excluding hydrogens is 348 g/mol. The first-order chi connectivity index (χ1) is 10.1. The third kappa shape index (κ3) is 3.12. The number of rotatable bonds is 4. The molecule has 2 nitrogen and oxygen atoms in total. The van der Waals surface area contributed by atoms with E-state index in [4.69, 9.17) is 4.74 Å². The van der Waals surface area contributed by atoms with Gasteiger partial charge < -0.3 is 9.84 Å². The van der Waals surface area contributed by atoms with E-state index in [-0.39, 0.29) is 0 Å². The van der Waals surface area contributed by atoms with Gasteiger partial charge in [-0.15, -0.1) is 11.3 Å². The van der Waals surface area contributed by atoms with Crippen LogP contribution in [0.5, 0.6) is 5.75 Å². The van der Waals surface area contributed by atoms with Crippen molar-refractivity contribution in [1.82, 2.24) is 0 Å². The van der Waals surface area contributed by atoms with Gasteiger partial charge in [-0.2, -0.15) is 0 Å². The summed E-state index contributed by atoms with van der Waals surface area (Å²) in [4.78, 5) is 0. The Morgan fingerprint density at radius 1 is 1.24 bits per heavy atom. The summed E-state index contributed by atoms with van der Waals surface area (Å²) in [5.41, 5.74) is 1.98. The van der Waals surface area contributed by atoms with Gasteiger partial charge in [0.1, 0.15) is 12.4 Å². The largest absolute Gasteiger partial charge is 0.488 e. The Bertz CT molecular complexity index is 764. The second-order valence-corrected chi connectivity index (χ2v) is 6.73. The van der Waals surface area contributed by atoms with Gasteiger partial charge in [-0.1, -0.05) is 40.2 Å². The molecule has 0 bridgehead atoms. The number of thiophene rings is 1. The lowest BCUT2D eigenvalue weighted by atomic mass is 10.1. The maximum Gasteiger partial charge on any atom is 0.126 e. The highest BCUT2D eigenvalue weighted by atomic mass is 79.9. The molecule has 0 aliphatic rings. The quantitative estimate of drug-likeness (QED) is 0.682. The summed E-state index contributed by atoms with van der Waals surface area (Å²) in [6, 6.07) is 14.0. The SMILES string of the molecule is C[C@@H](O)c1ccc(Br)cc1OCc1csc2ccccc12. The van der Waals surface area contributed by atoms with Crippen molar-refractivity contribution in [3.8, 4) is 5.75 Å². The number of ether oxygens (including phenoxy) is 1. The van der Waals surface area contributed by atoms with Crippen LogP contribution in [0.1, 0.15) is 24.2 Å². The Balaban J connectivity index is 1.86. The highest BCUT2D eigenvalue weighted by molar-refractivity contribution is 9.10. The molecule has 1 atom stereocenters. The molecule has 21 heavy (non-hydrogen) atoms. The Morgan fingerprint density at radius 2 is 2.05 bits per heavy atom. The van der Waals surface area contributed by atoms with Crippen LogP contribution in [-0.2, 0) is 6.61 Å². The minimum Gasteiger partial charge on any atom is -0.488 e. The maximum atomic E-state index is 9.83. The molecule has 3 aromatic rings. The fourth-order valence-electron chi connectivity index (χ4n) is 2.28. The van der Waals surface area contributed by atoms with Gasteiger partial charge in [0.2, 0.25) is 0 Å². The van der Waals surface area contributed by atoms with E-state index >= 15 is 0 Å². The molecule has 4 heteroatoms. The molecule has 0 saturated heterocycles. The van der Waals surface area contributed by atoms with Gasteiger partial charge in [-0.25, -0.2) is 0 Å². The first-order valence-electron chi connectivity index (χ1n) is 6.70. The zero-order valence-electron chi connectivity index (χ0n) is 11.5. The predicted molar refractivity (Wildman–Crippen MR) is 90.9 cm³/mol. The van der Waals surface area contributed by atoms with E-state index in [1.807, 2.05) is 30.3 Å². The van der Waals surface area contributed by atoms with Crippen molar-refractivity contribution in [2.24, 2.45) is 0 Å². The van der Waals surface area contributed by atoms with Gasteiger partial charge >= 0.3 is 0 Å². The van der Waals surface area contributed by atoms with E-state index in [1.165, 1.54) is 15.6 Å². The summed E-state index contributed by atoms with van der Waals surface area (Å²) < 4.78 is 8.16. The molecule has 108 valence electrons. The minimum atomic E-state index is -0.549. The Labute approximate surface area is 136 Å². The van der Waals surface area contributed by atoms with Crippen LogP contribution >= 0.6 is 27.3 Å². The molecule has 2 aromatic carbocycles. The van der Waals surface area contributed by atoms with Crippen molar-refractivity contribution in [3.05, 3.63) is 63.4 Å². The number of hydrogen-bond acceptors (Lipinski definition) is 3. The van der Waals surface area contributed by atoms with E-state index < -0.39 is 6.10 Å². The number of fused-ring (bicyclic) bond motifs is 1. The fraction of sp³-hybridized carbons (Fsp3) is 0.176. The number of hydrogen-bond donors (Lipinski definition) is 1. The monoisotopic (exact) mass is 362 g/mol. The molecule has 3 rings (SSSR count). The van der Waals surface area contributed by atoms with Gasteiger partial charge in [0, 0.05) is 20.3 Å². The highest BCUT2D eigenvalue weighted by Gasteiger charge is 2.11. The molecule has 0 amide bonds. The van der Waals surface area contributed by atoms with Crippen molar-refractivity contribution >= 4 is 37.4 Å². The number of benzene rings is 2. The number of aliphatic hydroxyl groups excluding tert-OH is 1. The predicted octanol–water partition coefficient (Wildman–Crippen LogP) is 5.30. The molecular formula is C17H15BrO2S. The molecule has 0 fully saturated rings. The summed E-state index contributed by atoms with van der Waals surface area (Å²) in [5, 5.41) is 13.2. The van der Waals surface area contributed by atoms with E-state index in [2.05, 4.69) is 33.4 Å². The molecule has 0 aliphatic carbocycles. The van der Waals surface area contributed by atoms with Crippen LogP contribution in [-0.4, -0.2) is 5.11 Å². The van der Waals surface area contributed by atoms with Crippen LogP contribution in [0.25, 0.3) is 10.1 Å². The smallest absolute Gasteiger partial charge is 0.126 e. The molecule has 0 saturated carbocycles. The maximum absolute atomic E-state index is 9.83. The van der Waals surface area contributed by atoms with Gasteiger partial charge in [-0.05, 0) is 35.9 Å². The summed E-state index contributed by atoms with van der Waals surface area (Å²) in [6.45, 7) is 2.25. The Morgan fingerprint density at radius 3 is 2.86 bits per heavy atom. The van der Waals surface area contributed by atoms with Gasteiger partial charge in [-0.3, -0.25) is 0 Å². The third-order valence-electron chi connectivity index (χ3n) is 3.37. The average molecular weight is 363 g/mol. The number of aliphatic hydroxyl groups is 1. The van der Waals surface area contributed by atoms with E-state index in [0.717, 1.165) is 15.8 Å². The van der Waals surface area contributed by atoms with Gasteiger partial charge in [0.25, 0.3) is 0 Å². The van der Waals surface area contributed by atoms with Crippen molar-refractivity contribution < 1.29 is 9.84 Å². The Kier molecular flexibility index (Phi) is 4.29. The van der Waals surface area contributed by atoms with Crippen molar-refractivity contribution in [3.63, 3.8) is 0 Å². The van der Waals surface area contributed by atoms with Crippen molar-refractivity contribution in [2.45, 2.75) is 19.6 Å². The second-order valence-electron chi connectivity index (χ2n) is 4.90. The molecule has 1 N–H and O–H groups in total. The van der Waals surface area contributed by atoms with Crippen LogP contribution < -0.4 is 4.74 Å². The van der Waals surface area contributed by atoms with E-state index in [1.54, 1.807) is 18.3 Å². The zero-order chi connectivity index (χ0) is 14.8. The molecule has 0 spiro atoms. The molecule has 1 heterocycles. The highest BCUT2D eigenvalue weighted by Crippen LogP contribution is 2.31. The summed E-state index contributed by atoms with van der Waals surface area (Å²) in [5.74, 6) is 0.717. The Hall–Kier alpha value is -1.36. The summed E-state index contributed by atoms with van der Waals surface area (Å²) in [7, 11) is 0. The fourth-order valence-corrected chi connectivity index (χ4v) is 3.57. The van der Waals surface area contributed by atoms with Crippen LogP contribution in [0.4, 0.5) is 0 Å². The van der Waals surface area contributed by atoms with Crippen molar-refractivity contribution in [1.29, 1.82) is 0 Å².